The summed E-state index contributed by atoms with van der Waals surface area (Å²) in [6, 6.07) is 22.6. The molecule has 2 aromatic carbocycles. The van der Waals surface area contributed by atoms with E-state index in [9.17, 15) is 5.26 Å². The molecule has 4 rings (SSSR count). The van der Waals surface area contributed by atoms with Crippen LogP contribution < -0.4 is 5.73 Å². The smallest absolute Gasteiger partial charge is 0.205 e. The number of hydrogen-bond acceptors (Lipinski definition) is 4. The highest BCUT2D eigenvalue weighted by Crippen LogP contribution is 2.43. The van der Waals surface area contributed by atoms with Gasteiger partial charge in [-0.2, -0.15) is 5.26 Å². The standard InChI is InChI=1S/C24H23N3O/c1-2-27-15-19(13-17-9-5-3-6-10-17)23-21(16-27)22(18-11-7-4-8-12-18)20(14-25)24(26)28-23/h3-13,22H,2,15-16,26H2,1H3/t22-/m1/s1. The molecule has 28 heavy (non-hydrogen) atoms. The Morgan fingerprint density at radius 2 is 1.79 bits per heavy atom. The molecular weight excluding hydrogens is 346 g/mol. The lowest BCUT2D eigenvalue weighted by Crippen LogP contribution is -2.38. The molecule has 2 N–H and O–H groups in total. The van der Waals surface area contributed by atoms with Crippen LogP contribution in [0.2, 0.25) is 0 Å². The van der Waals surface area contributed by atoms with E-state index in [0.717, 1.165) is 47.7 Å². The Kier molecular flexibility index (Phi) is 5.01. The average molecular weight is 369 g/mol. The summed E-state index contributed by atoms with van der Waals surface area (Å²) in [5.41, 5.74) is 11.1. The number of hydrogen-bond donors (Lipinski definition) is 1. The van der Waals surface area contributed by atoms with Crippen molar-refractivity contribution in [2.24, 2.45) is 5.73 Å². The van der Waals surface area contributed by atoms with E-state index in [1.807, 2.05) is 36.4 Å². The molecular formula is C24H23N3O. The van der Waals surface area contributed by atoms with Crippen molar-refractivity contribution in [1.82, 2.24) is 4.90 Å². The lowest BCUT2D eigenvalue weighted by atomic mass is 9.80. The van der Waals surface area contributed by atoms with Gasteiger partial charge in [-0.25, -0.2) is 0 Å². The highest BCUT2D eigenvalue weighted by atomic mass is 16.5. The van der Waals surface area contributed by atoms with Crippen molar-refractivity contribution < 1.29 is 4.74 Å². The second kappa shape index (κ2) is 7.75. The van der Waals surface area contributed by atoms with Gasteiger partial charge in [0.15, 0.2) is 0 Å². The number of ether oxygens (including phenoxy) is 1. The van der Waals surface area contributed by atoms with Crippen molar-refractivity contribution in [3.8, 4) is 6.07 Å². The molecule has 0 unspecified atom stereocenters. The van der Waals surface area contributed by atoms with E-state index in [-0.39, 0.29) is 11.8 Å². The van der Waals surface area contributed by atoms with Crippen molar-refractivity contribution in [3.63, 3.8) is 0 Å². The summed E-state index contributed by atoms with van der Waals surface area (Å²) in [4.78, 5) is 2.36. The Morgan fingerprint density at radius 3 is 2.43 bits per heavy atom. The average Bonchev–Trinajstić information content (AvgIpc) is 2.74. The summed E-state index contributed by atoms with van der Waals surface area (Å²) >= 11 is 0. The number of nitrogens with zero attached hydrogens (tertiary/aromatic N) is 2. The summed E-state index contributed by atoms with van der Waals surface area (Å²) in [5, 5.41) is 9.79. The molecule has 140 valence electrons. The van der Waals surface area contributed by atoms with Crippen molar-refractivity contribution in [3.05, 3.63) is 100 Å². The van der Waals surface area contributed by atoms with Gasteiger partial charge in [0.2, 0.25) is 5.88 Å². The molecule has 4 heteroatoms. The summed E-state index contributed by atoms with van der Waals surface area (Å²) in [7, 11) is 0. The summed E-state index contributed by atoms with van der Waals surface area (Å²) in [6.07, 6.45) is 2.16. The van der Waals surface area contributed by atoms with E-state index < -0.39 is 0 Å². The number of likely N-dealkylation sites (N-methyl/N-ethyl adjacent to an activating group) is 1. The maximum Gasteiger partial charge on any atom is 0.205 e. The van der Waals surface area contributed by atoms with Crippen molar-refractivity contribution in [2.45, 2.75) is 12.8 Å². The van der Waals surface area contributed by atoms with Gasteiger partial charge >= 0.3 is 0 Å². The van der Waals surface area contributed by atoms with E-state index in [4.69, 9.17) is 10.5 Å². The zero-order chi connectivity index (χ0) is 19.5. The van der Waals surface area contributed by atoms with Crippen LogP contribution in [0, 0.1) is 11.3 Å². The fourth-order valence-corrected chi connectivity index (χ4v) is 3.94. The molecule has 0 bridgehead atoms. The van der Waals surface area contributed by atoms with Crippen LogP contribution in [-0.4, -0.2) is 24.5 Å². The van der Waals surface area contributed by atoms with E-state index >= 15 is 0 Å². The highest BCUT2D eigenvalue weighted by molar-refractivity contribution is 5.63. The minimum absolute atomic E-state index is 0.177. The van der Waals surface area contributed by atoms with Gasteiger partial charge in [0.25, 0.3) is 0 Å². The molecule has 0 amide bonds. The van der Waals surface area contributed by atoms with Gasteiger partial charge in [0.1, 0.15) is 17.4 Å². The highest BCUT2D eigenvalue weighted by Gasteiger charge is 2.37. The third-order valence-corrected chi connectivity index (χ3v) is 5.33. The SMILES string of the molecule is CCN1CC(=Cc2ccccc2)C2=C(C1)[C@H](c1ccccc1)C(C#N)=C(N)O2. The summed E-state index contributed by atoms with van der Waals surface area (Å²) < 4.78 is 6.04. The first kappa shape index (κ1) is 18.1. The maximum atomic E-state index is 9.79. The Labute approximate surface area is 165 Å². The Balaban J connectivity index is 1.87. The van der Waals surface area contributed by atoms with Crippen molar-refractivity contribution in [1.29, 1.82) is 5.26 Å². The molecule has 2 aliphatic rings. The van der Waals surface area contributed by atoms with Crippen molar-refractivity contribution in [2.75, 3.05) is 19.6 Å². The molecule has 2 aromatic rings. The van der Waals surface area contributed by atoms with Gasteiger partial charge in [0.05, 0.1) is 5.92 Å². The molecule has 0 fully saturated rings. The molecule has 0 aromatic heterocycles. The molecule has 2 aliphatic heterocycles. The van der Waals surface area contributed by atoms with E-state index in [0.29, 0.717) is 5.57 Å². The van der Waals surface area contributed by atoms with Gasteiger partial charge in [-0.15, -0.1) is 0 Å². The minimum Gasteiger partial charge on any atom is -0.440 e. The molecule has 0 spiro atoms. The van der Waals surface area contributed by atoms with Gasteiger partial charge in [-0.3, -0.25) is 4.90 Å². The number of allylic oxidation sites excluding steroid dienone is 1. The number of benzene rings is 2. The van der Waals surface area contributed by atoms with Crippen LogP contribution in [0.1, 0.15) is 24.0 Å². The zero-order valence-corrected chi connectivity index (χ0v) is 15.9. The first-order valence-corrected chi connectivity index (χ1v) is 9.55. The fraction of sp³-hybridized carbons (Fsp3) is 0.208. The van der Waals surface area contributed by atoms with Crippen molar-refractivity contribution >= 4 is 6.08 Å². The predicted molar refractivity (Wildman–Crippen MR) is 111 cm³/mol. The van der Waals surface area contributed by atoms with Gasteiger partial charge in [0, 0.05) is 18.7 Å². The fourth-order valence-electron chi connectivity index (χ4n) is 3.94. The molecule has 2 heterocycles. The summed E-state index contributed by atoms with van der Waals surface area (Å²) in [5.74, 6) is 0.849. The minimum atomic E-state index is -0.177. The Hall–Kier alpha value is -3.29. The molecule has 0 saturated heterocycles. The predicted octanol–water partition coefficient (Wildman–Crippen LogP) is 4.17. The van der Waals surface area contributed by atoms with Crippen LogP contribution in [0.25, 0.3) is 6.08 Å². The van der Waals surface area contributed by atoms with E-state index in [1.165, 1.54) is 0 Å². The van der Waals surface area contributed by atoms with Gasteiger partial charge in [-0.05, 0) is 29.3 Å². The van der Waals surface area contributed by atoms with Crippen LogP contribution in [0.15, 0.2) is 89.0 Å². The third kappa shape index (κ3) is 3.33. The van der Waals surface area contributed by atoms with Crippen LogP contribution in [-0.2, 0) is 4.74 Å². The Morgan fingerprint density at radius 1 is 1.11 bits per heavy atom. The van der Waals surface area contributed by atoms with E-state index in [1.54, 1.807) is 0 Å². The second-order valence-corrected chi connectivity index (χ2v) is 7.07. The molecule has 4 nitrogen and oxygen atoms in total. The second-order valence-electron chi connectivity index (χ2n) is 7.07. The summed E-state index contributed by atoms with van der Waals surface area (Å²) in [6.45, 7) is 4.63. The first-order chi connectivity index (χ1) is 13.7. The van der Waals surface area contributed by atoms with Gasteiger partial charge in [-0.1, -0.05) is 67.6 Å². The lowest BCUT2D eigenvalue weighted by molar-refractivity contribution is 0.239. The first-order valence-electron chi connectivity index (χ1n) is 9.55. The maximum absolute atomic E-state index is 9.79. The van der Waals surface area contributed by atoms with Crippen LogP contribution >= 0.6 is 0 Å². The number of rotatable bonds is 3. The number of nitriles is 1. The quantitative estimate of drug-likeness (QED) is 0.882. The topological polar surface area (TPSA) is 62.3 Å². The third-order valence-electron chi connectivity index (χ3n) is 5.33. The largest absolute Gasteiger partial charge is 0.440 e. The normalized spacial score (nSPS) is 21.3. The zero-order valence-electron chi connectivity index (χ0n) is 15.9. The molecule has 0 radical (unpaired) electrons. The molecule has 1 atom stereocenters. The number of nitrogens with two attached hydrogens (primary N) is 1. The molecule has 0 saturated carbocycles. The lowest BCUT2D eigenvalue weighted by Gasteiger charge is -2.38. The van der Waals surface area contributed by atoms with Crippen LogP contribution in [0.4, 0.5) is 0 Å². The van der Waals surface area contributed by atoms with E-state index in [2.05, 4.69) is 48.2 Å². The molecule has 0 aliphatic carbocycles. The monoisotopic (exact) mass is 369 g/mol. The van der Waals surface area contributed by atoms with Crippen LogP contribution in [0.5, 0.6) is 0 Å². The Bertz CT molecular complexity index is 997. The van der Waals surface area contributed by atoms with Gasteiger partial charge < -0.3 is 10.5 Å². The van der Waals surface area contributed by atoms with Crippen LogP contribution in [0.3, 0.4) is 0 Å².